The number of imidazole rings is 1. The van der Waals surface area contributed by atoms with Crippen LogP contribution in [-0.4, -0.2) is 31.6 Å². The van der Waals surface area contributed by atoms with Gasteiger partial charge in [0.2, 0.25) is 5.89 Å². The molecule has 128 valence electrons. The van der Waals surface area contributed by atoms with Crippen molar-refractivity contribution in [3.05, 3.63) is 30.4 Å². The molecule has 0 aliphatic carbocycles. The molecule has 0 aliphatic heterocycles. The van der Waals surface area contributed by atoms with Gasteiger partial charge in [0.05, 0.1) is 11.9 Å². The summed E-state index contributed by atoms with van der Waals surface area (Å²) in [6, 6.07) is 2.15. The quantitative estimate of drug-likeness (QED) is 0.599. The molecule has 7 nitrogen and oxygen atoms in total. The molecule has 1 N–H and O–H groups in total. The number of alkyl halides is 3. The number of aromatic nitrogens is 5. The van der Waals surface area contributed by atoms with E-state index in [1.54, 1.807) is 17.9 Å². The average Bonchev–Trinajstić information content (AvgIpc) is 3.17. The fourth-order valence-corrected chi connectivity index (χ4v) is 2.57. The third-order valence-electron chi connectivity index (χ3n) is 3.75. The number of rotatable bonds is 2. The second-order valence-corrected chi connectivity index (χ2v) is 5.37. The first-order valence-electron chi connectivity index (χ1n) is 7.21. The highest BCUT2D eigenvalue weighted by atomic mass is 19.4. The van der Waals surface area contributed by atoms with Gasteiger partial charge < -0.3 is 14.3 Å². The highest BCUT2D eigenvalue weighted by molar-refractivity contribution is 6.03. The summed E-state index contributed by atoms with van der Waals surface area (Å²) in [7, 11) is 3.52. The fourth-order valence-electron chi connectivity index (χ4n) is 2.57. The van der Waals surface area contributed by atoms with E-state index in [1.165, 1.54) is 6.07 Å². The Morgan fingerprint density at radius 3 is 2.56 bits per heavy atom. The number of pyridine rings is 2. The van der Waals surface area contributed by atoms with E-state index >= 15 is 0 Å². The fraction of sp³-hybridized carbons (Fsp3) is 0.200. The van der Waals surface area contributed by atoms with Crippen molar-refractivity contribution in [3.63, 3.8) is 0 Å². The van der Waals surface area contributed by atoms with Gasteiger partial charge in [-0.05, 0) is 12.1 Å². The molecule has 10 heteroatoms. The first-order chi connectivity index (χ1) is 11.9. The van der Waals surface area contributed by atoms with Gasteiger partial charge in [-0.15, -0.1) is 0 Å². The standard InChI is InChI=1S/C15H11F3N6O/c1-19-12-9-11(24(2)6-21-9)10-14(23-12)25-13(22-10)7-3-4-8(20-5-7)15(16,17)18/h3-6H,1-2H3,(H,19,23). The Balaban J connectivity index is 1.89. The van der Waals surface area contributed by atoms with Gasteiger partial charge >= 0.3 is 6.18 Å². The summed E-state index contributed by atoms with van der Waals surface area (Å²) >= 11 is 0. The van der Waals surface area contributed by atoms with Crippen LogP contribution in [0.1, 0.15) is 5.69 Å². The van der Waals surface area contributed by atoms with Gasteiger partial charge in [-0.1, -0.05) is 0 Å². The lowest BCUT2D eigenvalue weighted by Crippen LogP contribution is -2.07. The number of fused-ring (bicyclic) bond motifs is 3. The molecule has 4 rings (SSSR count). The Labute approximate surface area is 138 Å². The Kier molecular flexibility index (Phi) is 3.17. The van der Waals surface area contributed by atoms with Crippen molar-refractivity contribution in [1.82, 2.24) is 24.5 Å². The summed E-state index contributed by atoms with van der Waals surface area (Å²) in [5.74, 6) is 0.663. The largest absolute Gasteiger partial charge is 0.433 e. The van der Waals surface area contributed by atoms with E-state index in [0.29, 0.717) is 27.9 Å². The number of oxazole rings is 1. The van der Waals surface area contributed by atoms with Crippen molar-refractivity contribution in [1.29, 1.82) is 0 Å². The number of nitrogens with zero attached hydrogens (tertiary/aromatic N) is 5. The van der Waals surface area contributed by atoms with Crippen molar-refractivity contribution in [3.8, 4) is 11.5 Å². The third kappa shape index (κ3) is 2.37. The molecule has 0 amide bonds. The molecule has 4 aromatic rings. The maximum atomic E-state index is 12.6. The molecule has 4 aromatic heterocycles. The van der Waals surface area contributed by atoms with Crippen molar-refractivity contribution < 1.29 is 17.6 Å². The van der Waals surface area contributed by atoms with E-state index in [2.05, 4.69) is 25.3 Å². The monoisotopic (exact) mass is 348 g/mol. The van der Waals surface area contributed by atoms with Crippen LogP contribution in [0.2, 0.25) is 0 Å². The van der Waals surface area contributed by atoms with E-state index in [-0.39, 0.29) is 11.6 Å². The summed E-state index contributed by atoms with van der Waals surface area (Å²) in [4.78, 5) is 16.4. The lowest BCUT2D eigenvalue weighted by molar-refractivity contribution is -0.141. The average molecular weight is 348 g/mol. The SMILES string of the molecule is CNc1nc2oc(-c3ccc(C(F)(F)F)nc3)nc2c2c1ncn2C. The van der Waals surface area contributed by atoms with E-state index in [0.717, 1.165) is 12.3 Å². The minimum atomic E-state index is -4.50. The normalized spacial score (nSPS) is 12.2. The molecule has 0 aliphatic rings. The third-order valence-corrected chi connectivity index (χ3v) is 3.75. The summed E-state index contributed by atoms with van der Waals surface area (Å²) in [6.07, 6.45) is -1.79. The number of anilines is 1. The zero-order chi connectivity index (χ0) is 17.8. The predicted molar refractivity (Wildman–Crippen MR) is 83.9 cm³/mol. The molecule has 0 atom stereocenters. The maximum Gasteiger partial charge on any atom is 0.433 e. The number of nitrogens with one attached hydrogen (secondary N) is 1. The van der Waals surface area contributed by atoms with Crippen LogP contribution >= 0.6 is 0 Å². The van der Waals surface area contributed by atoms with Crippen LogP contribution in [-0.2, 0) is 13.2 Å². The molecule has 0 radical (unpaired) electrons. The molecule has 0 spiro atoms. The minimum absolute atomic E-state index is 0.138. The molecule has 0 aromatic carbocycles. The summed E-state index contributed by atoms with van der Waals surface area (Å²) in [5.41, 5.74) is 1.43. The van der Waals surface area contributed by atoms with E-state index in [9.17, 15) is 13.2 Å². The highest BCUT2D eigenvalue weighted by Gasteiger charge is 2.32. The van der Waals surface area contributed by atoms with E-state index in [1.807, 2.05) is 7.05 Å². The zero-order valence-corrected chi connectivity index (χ0v) is 13.1. The van der Waals surface area contributed by atoms with Crippen LogP contribution in [0, 0.1) is 0 Å². The van der Waals surface area contributed by atoms with Crippen LogP contribution in [0.3, 0.4) is 0 Å². The second kappa shape index (κ2) is 5.16. The highest BCUT2D eigenvalue weighted by Crippen LogP contribution is 2.32. The summed E-state index contributed by atoms with van der Waals surface area (Å²) in [6.45, 7) is 0. The number of halogens is 3. The van der Waals surface area contributed by atoms with Crippen molar-refractivity contribution >= 4 is 28.1 Å². The summed E-state index contributed by atoms with van der Waals surface area (Å²) in [5, 5.41) is 2.94. The van der Waals surface area contributed by atoms with Gasteiger partial charge in [-0.2, -0.15) is 18.2 Å². The summed E-state index contributed by atoms with van der Waals surface area (Å²) < 4.78 is 45.3. The molecular formula is C15H11F3N6O. The number of aryl methyl sites for hydroxylation is 1. The Bertz CT molecular complexity index is 1080. The second-order valence-electron chi connectivity index (χ2n) is 5.37. The van der Waals surface area contributed by atoms with Crippen LogP contribution in [0.5, 0.6) is 0 Å². The van der Waals surface area contributed by atoms with Crippen LogP contribution in [0.25, 0.3) is 33.7 Å². The molecule has 0 saturated carbocycles. The Morgan fingerprint density at radius 2 is 1.92 bits per heavy atom. The molecular weight excluding hydrogens is 337 g/mol. The first-order valence-corrected chi connectivity index (χ1v) is 7.21. The van der Waals surface area contributed by atoms with Crippen LogP contribution in [0.4, 0.5) is 19.0 Å². The van der Waals surface area contributed by atoms with Gasteiger partial charge in [0.25, 0.3) is 5.71 Å². The minimum Gasteiger partial charge on any atom is -0.417 e. The Morgan fingerprint density at radius 1 is 1.12 bits per heavy atom. The number of hydrogen-bond donors (Lipinski definition) is 1. The topological polar surface area (TPSA) is 81.7 Å². The molecule has 25 heavy (non-hydrogen) atoms. The Hall–Kier alpha value is -3.17. The molecule has 0 saturated heterocycles. The van der Waals surface area contributed by atoms with Crippen molar-refractivity contribution in [2.24, 2.45) is 7.05 Å². The van der Waals surface area contributed by atoms with Crippen LogP contribution < -0.4 is 5.32 Å². The molecule has 4 heterocycles. The zero-order valence-electron chi connectivity index (χ0n) is 13.1. The lowest BCUT2D eigenvalue weighted by Gasteiger charge is -2.04. The van der Waals surface area contributed by atoms with E-state index < -0.39 is 11.9 Å². The van der Waals surface area contributed by atoms with E-state index in [4.69, 9.17) is 4.42 Å². The predicted octanol–water partition coefficient (Wildman–Crippen LogP) is 3.23. The first kappa shape index (κ1) is 15.4. The van der Waals surface area contributed by atoms with Crippen molar-refractivity contribution in [2.75, 3.05) is 12.4 Å². The van der Waals surface area contributed by atoms with Crippen LogP contribution in [0.15, 0.2) is 29.1 Å². The maximum absolute atomic E-state index is 12.6. The van der Waals surface area contributed by atoms with Gasteiger partial charge in [0.15, 0.2) is 11.3 Å². The van der Waals surface area contributed by atoms with Gasteiger partial charge in [-0.3, -0.25) is 4.98 Å². The number of hydrogen-bond acceptors (Lipinski definition) is 6. The van der Waals surface area contributed by atoms with Gasteiger partial charge in [0.1, 0.15) is 16.7 Å². The van der Waals surface area contributed by atoms with Crippen molar-refractivity contribution in [2.45, 2.75) is 6.18 Å². The molecule has 0 bridgehead atoms. The molecule has 0 fully saturated rings. The molecule has 0 unspecified atom stereocenters. The smallest absolute Gasteiger partial charge is 0.417 e. The lowest BCUT2D eigenvalue weighted by atomic mass is 10.2. The van der Waals surface area contributed by atoms with Gasteiger partial charge in [0, 0.05) is 20.3 Å². The van der Waals surface area contributed by atoms with Gasteiger partial charge in [-0.25, -0.2) is 9.97 Å².